The number of nitrogens with one attached hydrogen (secondary N) is 1. The maximum absolute atomic E-state index is 14.3. The van der Waals surface area contributed by atoms with Crippen molar-refractivity contribution in [2.75, 3.05) is 17.1 Å². The van der Waals surface area contributed by atoms with E-state index in [1.54, 1.807) is 24.3 Å². The second kappa shape index (κ2) is 11.1. The van der Waals surface area contributed by atoms with Crippen LogP contribution in [0.5, 0.6) is 5.75 Å². The normalized spacial score (nSPS) is 14.0. The summed E-state index contributed by atoms with van der Waals surface area (Å²) >= 11 is 0. The maximum atomic E-state index is 14.3. The highest BCUT2D eigenvalue weighted by atomic mass is 32.2. The Labute approximate surface area is 221 Å². The molecule has 0 saturated carbocycles. The van der Waals surface area contributed by atoms with Crippen molar-refractivity contribution in [2.45, 2.75) is 43.9 Å². The van der Waals surface area contributed by atoms with Crippen LogP contribution in [0.3, 0.4) is 0 Å². The van der Waals surface area contributed by atoms with E-state index in [0.717, 1.165) is 41.0 Å². The lowest BCUT2D eigenvalue weighted by atomic mass is 10.1. The van der Waals surface area contributed by atoms with Gasteiger partial charge >= 0.3 is 0 Å². The van der Waals surface area contributed by atoms with Gasteiger partial charge in [-0.1, -0.05) is 12.1 Å². The summed E-state index contributed by atoms with van der Waals surface area (Å²) in [6.07, 6.45) is 4.65. The van der Waals surface area contributed by atoms with E-state index >= 15 is 0 Å². The van der Waals surface area contributed by atoms with Crippen LogP contribution in [0.15, 0.2) is 65.8 Å². The molecule has 0 unspecified atom stereocenters. The van der Waals surface area contributed by atoms with Gasteiger partial charge in [-0.2, -0.15) is 0 Å². The number of rotatable bonds is 10. The number of anilines is 1. The first-order valence-corrected chi connectivity index (χ1v) is 15.2. The van der Waals surface area contributed by atoms with Crippen LogP contribution >= 0.6 is 0 Å². The number of carbonyl (C=O) groups excluding carboxylic acids is 1. The van der Waals surface area contributed by atoms with Crippen LogP contribution in [-0.4, -0.2) is 46.7 Å². The number of ether oxygens (including phenoxy) is 1. The van der Waals surface area contributed by atoms with Crippen LogP contribution in [-0.2, 0) is 39.5 Å². The molecule has 9 nitrogen and oxygen atoms in total. The number of halogens is 1. The van der Waals surface area contributed by atoms with Gasteiger partial charge in [0.2, 0.25) is 10.0 Å². The third kappa shape index (κ3) is 6.48. The van der Waals surface area contributed by atoms with Crippen molar-refractivity contribution in [3.05, 3.63) is 83.2 Å². The van der Waals surface area contributed by atoms with Crippen molar-refractivity contribution >= 4 is 31.6 Å². The zero-order valence-corrected chi connectivity index (χ0v) is 22.6. The number of carbonyl (C=O) groups is 1. The fraction of sp³-hybridized carbons (Fsp3) is 0.308. The zero-order chi connectivity index (χ0) is 27.5. The topological polar surface area (TPSA) is 123 Å². The summed E-state index contributed by atoms with van der Waals surface area (Å²) in [6, 6.07) is 12.6. The Morgan fingerprint density at radius 1 is 1.11 bits per heavy atom. The number of aromatic nitrogens is 1. The van der Waals surface area contributed by atoms with E-state index in [4.69, 9.17) is 4.74 Å². The Morgan fingerprint density at radius 2 is 1.79 bits per heavy atom. The highest BCUT2D eigenvalue weighted by Gasteiger charge is 2.31. The smallest absolute Gasteiger partial charge is 0.266 e. The minimum Gasteiger partial charge on any atom is -0.487 e. The number of benzene rings is 2. The summed E-state index contributed by atoms with van der Waals surface area (Å²) in [7, 11) is -7.84. The molecule has 12 heteroatoms. The highest BCUT2D eigenvalue weighted by molar-refractivity contribution is 7.92. The molecule has 1 aromatic heterocycles. The van der Waals surface area contributed by atoms with E-state index in [0.29, 0.717) is 5.56 Å². The summed E-state index contributed by atoms with van der Waals surface area (Å²) in [6.45, 7) is 0.920. The van der Waals surface area contributed by atoms with Gasteiger partial charge in [0, 0.05) is 18.0 Å². The summed E-state index contributed by atoms with van der Waals surface area (Å²) in [5.74, 6) is -0.463. The van der Waals surface area contributed by atoms with Crippen molar-refractivity contribution in [1.82, 2.24) is 9.71 Å². The average molecular weight is 562 g/mol. The third-order valence-corrected chi connectivity index (χ3v) is 8.29. The van der Waals surface area contributed by atoms with Crippen LogP contribution in [0.4, 0.5) is 10.1 Å². The first kappa shape index (κ1) is 27.5. The van der Waals surface area contributed by atoms with Gasteiger partial charge in [0.15, 0.2) is 0 Å². The number of hydrogen-bond donors (Lipinski definition) is 1. The summed E-state index contributed by atoms with van der Waals surface area (Å²) in [5, 5.41) is 0. The SMILES string of the molecule is C[C@H](F)CN(c1cc2c(cc1OCc1ccc(C(=O)NS(C)(=O)=O)cc1)CCC2)S(=O)(=O)c1cccnc1. The number of pyridine rings is 1. The number of sulfonamides is 2. The second-order valence-corrected chi connectivity index (χ2v) is 12.7. The molecular weight excluding hydrogens is 533 g/mol. The summed E-state index contributed by atoms with van der Waals surface area (Å²) in [5.41, 5.74) is 3.09. The molecule has 1 aliphatic carbocycles. The Hall–Kier alpha value is -3.51. The number of alkyl halides is 1. The van der Waals surface area contributed by atoms with Gasteiger partial charge < -0.3 is 4.74 Å². The molecule has 0 bridgehead atoms. The van der Waals surface area contributed by atoms with Crippen LogP contribution in [0.1, 0.15) is 40.4 Å². The van der Waals surface area contributed by atoms with E-state index in [-0.39, 0.29) is 28.5 Å². The Balaban J connectivity index is 1.65. The van der Waals surface area contributed by atoms with Gasteiger partial charge in [0.05, 0.1) is 18.5 Å². The molecule has 1 amide bonds. The van der Waals surface area contributed by atoms with Crippen molar-refractivity contribution in [2.24, 2.45) is 0 Å². The van der Waals surface area contributed by atoms with E-state index in [1.807, 2.05) is 4.72 Å². The number of aryl methyl sites for hydroxylation is 2. The molecule has 2 aromatic carbocycles. The molecular formula is C26H28FN3O6S2. The largest absolute Gasteiger partial charge is 0.487 e. The lowest BCUT2D eigenvalue weighted by Gasteiger charge is -2.27. The Bertz CT molecular complexity index is 1530. The highest BCUT2D eigenvalue weighted by Crippen LogP contribution is 2.39. The van der Waals surface area contributed by atoms with Gasteiger partial charge in [0.25, 0.3) is 15.9 Å². The molecule has 38 heavy (non-hydrogen) atoms. The number of fused-ring (bicyclic) bond motifs is 1. The van der Waals surface area contributed by atoms with E-state index in [9.17, 15) is 26.0 Å². The Kier molecular flexibility index (Phi) is 8.02. The van der Waals surface area contributed by atoms with Crippen LogP contribution in [0.2, 0.25) is 0 Å². The van der Waals surface area contributed by atoms with E-state index < -0.39 is 38.7 Å². The van der Waals surface area contributed by atoms with Crippen LogP contribution in [0.25, 0.3) is 0 Å². The number of hydrogen-bond acceptors (Lipinski definition) is 7. The molecule has 0 fully saturated rings. The minimum absolute atomic E-state index is 0.0335. The standard InChI is InChI=1S/C26H28FN3O6S2/c1-18(27)16-30(38(34,35)23-7-4-12-28-15-23)24-13-21-5-3-6-22(21)14-25(24)36-17-19-8-10-20(11-9-19)26(31)29-37(2,32)33/h4,7-15,18H,3,5-6,16-17H2,1-2H3,(H,29,31)/t18-/m0/s1. The van der Waals surface area contributed by atoms with Crippen LogP contribution in [0, 0.1) is 0 Å². The van der Waals surface area contributed by atoms with Crippen molar-refractivity contribution in [1.29, 1.82) is 0 Å². The second-order valence-electron chi connectivity index (χ2n) is 9.14. The third-order valence-electron chi connectivity index (χ3n) is 5.97. The molecule has 202 valence electrons. The molecule has 0 aliphatic heterocycles. The number of nitrogens with zero attached hydrogens (tertiary/aromatic N) is 2. The van der Waals surface area contributed by atoms with Crippen molar-refractivity contribution < 1.29 is 30.8 Å². The molecule has 1 N–H and O–H groups in total. The van der Waals surface area contributed by atoms with Gasteiger partial charge in [-0.25, -0.2) is 25.9 Å². The molecule has 3 aromatic rings. The zero-order valence-electron chi connectivity index (χ0n) is 20.9. The maximum Gasteiger partial charge on any atom is 0.266 e. The molecule has 4 rings (SSSR count). The molecule has 0 spiro atoms. The summed E-state index contributed by atoms with van der Waals surface area (Å²) in [4.78, 5) is 15.9. The molecule has 0 saturated heterocycles. The van der Waals surface area contributed by atoms with Gasteiger partial charge in [0.1, 0.15) is 23.4 Å². The van der Waals surface area contributed by atoms with Crippen molar-refractivity contribution in [3.8, 4) is 5.75 Å². The van der Waals surface area contributed by atoms with Crippen LogP contribution < -0.4 is 13.8 Å². The Morgan fingerprint density at radius 3 is 2.39 bits per heavy atom. The molecule has 1 aliphatic rings. The lowest BCUT2D eigenvalue weighted by Crippen LogP contribution is -2.36. The van der Waals surface area contributed by atoms with E-state index in [1.165, 1.54) is 43.6 Å². The predicted molar refractivity (Wildman–Crippen MR) is 141 cm³/mol. The monoisotopic (exact) mass is 561 g/mol. The van der Waals surface area contributed by atoms with Crippen molar-refractivity contribution in [3.63, 3.8) is 0 Å². The van der Waals surface area contributed by atoms with Gasteiger partial charge in [-0.05, 0) is 79.3 Å². The average Bonchev–Trinajstić information content (AvgIpc) is 3.32. The molecule has 0 radical (unpaired) electrons. The molecule has 1 heterocycles. The quantitative estimate of drug-likeness (QED) is 0.403. The number of amides is 1. The first-order chi connectivity index (χ1) is 17.9. The predicted octanol–water partition coefficient (Wildman–Crippen LogP) is 3.39. The van der Waals surface area contributed by atoms with E-state index in [2.05, 4.69) is 4.98 Å². The van der Waals surface area contributed by atoms with Gasteiger partial charge in [-0.15, -0.1) is 0 Å². The fourth-order valence-electron chi connectivity index (χ4n) is 4.22. The lowest BCUT2D eigenvalue weighted by molar-refractivity contribution is 0.0981. The fourth-order valence-corrected chi connectivity index (χ4v) is 6.18. The minimum atomic E-state index is -4.14. The summed E-state index contributed by atoms with van der Waals surface area (Å²) < 4.78 is 73.1. The first-order valence-electron chi connectivity index (χ1n) is 11.9. The van der Waals surface area contributed by atoms with Gasteiger partial charge in [-0.3, -0.25) is 14.1 Å². The molecule has 1 atom stereocenters.